The van der Waals surface area contributed by atoms with Crippen LogP contribution in [0.15, 0.2) is 23.0 Å². The van der Waals surface area contributed by atoms with Crippen molar-refractivity contribution in [3.05, 3.63) is 33.6 Å². The molecule has 0 aliphatic heterocycles. The van der Waals surface area contributed by atoms with E-state index in [1.54, 1.807) is 0 Å². The van der Waals surface area contributed by atoms with Crippen LogP contribution >= 0.6 is 11.3 Å². The first kappa shape index (κ1) is 8.12. The van der Waals surface area contributed by atoms with E-state index in [1.165, 1.54) is 0 Å². The van der Waals surface area contributed by atoms with Crippen molar-refractivity contribution in [1.82, 2.24) is 15.2 Å². The summed E-state index contributed by atoms with van der Waals surface area (Å²) in [4.78, 5) is 14.9. The van der Waals surface area contributed by atoms with Crippen molar-refractivity contribution in [3.8, 4) is 10.7 Å². The van der Waals surface area contributed by atoms with Gasteiger partial charge in [0.25, 0.3) is 0 Å². The first-order chi connectivity index (χ1) is 6.25. The van der Waals surface area contributed by atoms with Crippen LogP contribution in [0.3, 0.4) is 0 Å². The molecule has 0 saturated heterocycles. The van der Waals surface area contributed by atoms with E-state index in [0.29, 0.717) is 5.01 Å². The maximum Gasteiger partial charge on any atom is 0.322 e. The summed E-state index contributed by atoms with van der Waals surface area (Å²) in [6.07, 6.45) is 0. The summed E-state index contributed by atoms with van der Waals surface area (Å²) >= 11 is 1.06. The molecule has 0 radical (unpaired) electrons. The normalized spacial score (nSPS) is 10.2. The molecule has 13 heavy (non-hydrogen) atoms. The van der Waals surface area contributed by atoms with Crippen molar-refractivity contribution in [2.75, 3.05) is 0 Å². The smallest absolute Gasteiger partial charge is 0.255 e. The lowest BCUT2D eigenvalue weighted by atomic mass is 10.3. The van der Waals surface area contributed by atoms with E-state index >= 15 is 0 Å². The van der Waals surface area contributed by atoms with Gasteiger partial charge < -0.3 is 0 Å². The Hall–Kier alpha value is -1.49. The standard InChI is InChI=1S/C8H7N3OS/c1-5-3-2-4-6(9-5)7-10-11-8(12)13-7/h2-4H,1H3,(H,11,12). The van der Waals surface area contributed by atoms with E-state index in [1.807, 2.05) is 25.1 Å². The fourth-order valence-electron chi connectivity index (χ4n) is 1.00. The number of aromatic amines is 1. The highest BCUT2D eigenvalue weighted by atomic mass is 32.1. The van der Waals surface area contributed by atoms with E-state index in [4.69, 9.17) is 0 Å². The summed E-state index contributed by atoms with van der Waals surface area (Å²) in [7, 11) is 0. The fourth-order valence-corrected chi connectivity index (χ4v) is 1.58. The molecular formula is C8H7N3OS. The molecule has 5 heteroatoms. The van der Waals surface area contributed by atoms with Gasteiger partial charge in [-0.05, 0) is 19.1 Å². The zero-order valence-corrected chi connectivity index (χ0v) is 7.76. The third-order valence-electron chi connectivity index (χ3n) is 1.55. The number of rotatable bonds is 1. The highest BCUT2D eigenvalue weighted by molar-refractivity contribution is 7.12. The lowest BCUT2D eigenvalue weighted by Crippen LogP contribution is -1.90. The van der Waals surface area contributed by atoms with Crippen molar-refractivity contribution < 1.29 is 0 Å². The molecule has 0 aliphatic carbocycles. The van der Waals surface area contributed by atoms with Crippen LogP contribution in [0.4, 0.5) is 0 Å². The summed E-state index contributed by atoms with van der Waals surface area (Å²) in [5.74, 6) is 0. The molecule has 0 fully saturated rings. The lowest BCUT2D eigenvalue weighted by molar-refractivity contribution is 1.05. The van der Waals surface area contributed by atoms with Crippen LogP contribution in [0.1, 0.15) is 5.69 Å². The van der Waals surface area contributed by atoms with Crippen molar-refractivity contribution in [3.63, 3.8) is 0 Å². The summed E-state index contributed by atoms with van der Waals surface area (Å²) in [6, 6.07) is 5.63. The topological polar surface area (TPSA) is 58.6 Å². The van der Waals surface area contributed by atoms with E-state index in [-0.39, 0.29) is 4.87 Å². The first-order valence-electron chi connectivity index (χ1n) is 3.75. The second-order valence-electron chi connectivity index (χ2n) is 2.58. The number of nitrogens with one attached hydrogen (secondary N) is 1. The maximum absolute atomic E-state index is 10.8. The minimum absolute atomic E-state index is 0.154. The Morgan fingerprint density at radius 1 is 1.46 bits per heavy atom. The van der Waals surface area contributed by atoms with Gasteiger partial charge in [-0.3, -0.25) is 9.78 Å². The van der Waals surface area contributed by atoms with Gasteiger partial charge in [-0.15, -0.1) is 0 Å². The van der Waals surface area contributed by atoms with Gasteiger partial charge >= 0.3 is 4.87 Å². The summed E-state index contributed by atoms with van der Waals surface area (Å²) in [6.45, 7) is 1.90. The van der Waals surface area contributed by atoms with Gasteiger partial charge in [-0.2, -0.15) is 5.10 Å². The van der Waals surface area contributed by atoms with Gasteiger partial charge in [-0.1, -0.05) is 17.4 Å². The van der Waals surface area contributed by atoms with Gasteiger partial charge in [0.15, 0.2) is 5.01 Å². The Balaban J connectivity index is 2.52. The fraction of sp³-hybridized carbons (Fsp3) is 0.125. The molecule has 0 aromatic carbocycles. The number of pyridine rings is 1. The monoisotopic (exact) mass is 193 g/mol. The maximum atomic E-state index is 10.8. The molecule has 4 nitrogen and oxygen atoms in total. The molecule has 0 spiro atoms. The first-order valence-corrected chi connectivity index (χ1v) is 4.57. The van der Waals surface area contributed by atoms with Crippen molar-refractivity contribution >= 4 is 11.3 Å². The molecule has 0 unspecified atom stereocenters. The summed E-state index contributed by atoms with van der Waals surface area (Å²) < 4.78 is 0. The van der Waals surface area contributed by atoms with Crippen LogP contribution < -0.4 is 4.87 Å². The van der Waals surface area contributed by atoms with Crippen molar-refractivity contribution in [2.24, 2.45) is 0 Å². The minimum Gasteiger partial charge on any atom is -0.255 e. The van der Waals surface area contributed by atoms with Crippen LogP contribution in [0.2, 0.25) is 0 Å². The number of aromatic nitrogens is 3. The zero-order valence-electron chi connectivity index (χ0n) is 6.94. The third-order valence-corrected chi connectivity index (χ3v) is 2.32. The van der Waals surface area contributed by atoms with Crippen LogP contribution in [0.5, 0.6) is 0 Å². The Labute approximate surface area is 78.3 Å². The van der Waals surface area contributed by atoms with Crippen LogP contribution in [0.25, 0.3) is 10.7 Å². The van der Waals surface area contributed by atoms with Crippen molar-refractivity contribution in [1.29, 1.82) is 0 Å². The lowest BCUT2D eigenvalue weighted by Gasteiger charge is -1.94. The average molecular weight is 193 g/mol. The number of aryl methyl sites for hydroxylation is 1. The molecule has 0 bridgehead atoms. The molecule has 2 heterocycles. The quantitative estimate of drug-likeness (QED) is 0.740. The van der Waals surface area contributed by atoms with Gasteiger partial charge in [0.1, 0.15) is 5.69 Å². The largest absolute Gasteiger partial charge is 0.322 e. The van der Waals surface area contributed by atoms with E-state index < -0.39 is 0 Å². The van der Waals surface area contributed by atoms with Crippen LogP contribution in [-0.2, 0) is 0 Å². The van der Waals surface area contributed by atoms with E-state index in [0.717, 1.165) is 22.7 Å². The van der Waals surface area contributed by atoms with Crippen molar-refractivity contribution in [2.45, 2.75) is 6.92 Å². The Morgan fingerprint density at radius 3 is 2.92 bits per heavy atom. The van der Waals surface area contributed by atoms with E-state index in [2.05, 4.69) is 15.2 Å². The number of H-pyrrole nitrogens is 1. The Morgan fingerprint density at radius 2 is 2.31 bits per heavy atom. The number of hydrogen-bond acceptors (Lipinski definition) is 4. The average Bonchev–Trinajstić information content (AvgIpc) is 2.52. The molecule has 0 amide bonds. The molecule has 0 aliphatic rings. The number of nitrogens with zero attached hydrogens (tertiary/aromatic N) is 2. The highest BCUT2D eigenvalue weighted by Gasteiger charge is 2.03. The van der Waals surface area contributed by atoms with Gasteiger partial charge in [-0.25, -0.2) is 5.10 Å². The van der Waals surface area contributed by atoms with Crippen LogP contribution in [0, 0.1) is 6.92 Å². The predicted octanol–water partition coefficient (Wildman–Crippen LogP) is 1.20. The minimum atomic E-state index is -0.154. The molecule has 1 N–H and O–H groups in total. The molecule has 2 aromatic rings. The molecule has 2 aromatic heterocycles. The van der Waals surface area contributed by atoms with Crippen LogP contribution in [-0.4, -0.2) is 15.2 Å². The molecule has 0 atom stereocenters. The highest BCUT2D eigenvalue weighted by Crippen LogP contribution is 2.15. The number of hydrogen-bond donors (Lipinski definition) is 1. The second-order valence-corrected chi connectivity index (χ2v) is 3.54. The van der Waals surface area contributed by atoms with Gasteiger partial charge in [0, 0.05) is 5.69 Å². The molecule has 2 rings (SSSR count). The Kier molecular flexibility index (Phi) is 1.94. The predicted molar refractivity (Wildman–Crippen MR) is 50.7 cm³/mol. The Bertz CT molecular complexity index is 474. The van der Waals surface area contributed by atoms with E-state index in [9.17, 15) is 4.79 Å². The molecule has 66 valence electrons. The molecule has 0 saturated carbocycles. The third kappa shape index (κ3) is 1.65. The second kappa shape index (κ2) is 3.10. The van der Waals surface area contributed by atoms with Gasteiger partial charge in [0.2, 0.25) is 0 Å². The summed E-state index contributed by atoms with van der Waals surface area (Å²) in [5, 5.41) is 6.84. The zero-order chi connectivity index (χ0) is 9.26. The summed E-state index contributed by atoms with van der Waals surface area (Å²) in [5.41, 5.74) is 1.66. The SMILES string of the molecule is Cc1cccc(-c2n[nH]c(=O)s2)n1. The molecular weight excluding hydrogens is 186 g/mol. The van der Waals surface area contributed by atoms with Gasteiger partial charge in [0.05, 0.1) is 0 Å².